The summed E-state index contributed by atoms with van der Waals surface area (Å²) < 4.78 is 11.3. The number of nitrogens with two attached hydrogens (primary N) is 1. The number of methoxy groups -OCH3 is 2. The number of halogens is 1. The molecule has 0 saturated carbocycles. The fourth-order valence-electron chi connectivity index (χ4n) is 10.5. The highest BCUT2D eigenvalue weighted by atomic mass is 127. The number of ether oxygens (including phenoxy) is 2. The summed E-state index contributed by atoms with van der Waals surface area (Å²) in [6.07, 6.45) is 4.34. The molecular formula is C58H103IN10O15S. The van der Waals surface area contributed by atoms with Crippen molar-refractivity contribution in [3.63, 3.8) is 0 Å². The highest BCUT2D eigenvalue weighted by Gasteiger charge is 2.44. The number of rotatable bonds is 41. The van der Waals surface area contributed by atoms with Crippen molar-refractivity contribution in [2.24, 2.45) is 29.4 Å². The zero-order chi connectivity index (χ0) is 65.1. The van der Waals surface area contributed by atoms with Gasteiger partial charge in [0.05, 0.1) is 51.5 Å². The standard InChI is InChI=1S/C58H103IN10O15S/c1-16-19-20-22-34(7)47(61-12)54(78)66-46(32(4)5)56(80)68(13)49(33(6)18-3)41(83-14)28-44(72)69-27-21-23-40(69)50(84-15)36(9)51(75)67-48(37(10)70)55(79)65-38(24-25-45(73)74)53(77)63-35(8)31-62-52(76)39(30-60)64-43(71)29-42(57(81)82)85-58(11,59)26-17-2/h17,26,32-42,46-50,61,70H,16,18-25,27-31,60H2,1-15H3,(H,62,76)(H,63,77)(H,64,71)(H,65,79)(H,66,78)(H,67,75)(H,73,74)(H,81,82)/b26-17-/t33-,34?,35+,36+,37?,38-,39-,40-,41+,42?,46-,47-,48-,49-,50?,58?/m0/s1. The first-order valence-electron chi connectivity index (χ1n) is 29.7. The Bertz CT molecular complexity index is 2210. The van der Waals surface area contributed by atoms with Crippen LogP contribution in [0.15, 0.2) is 12.2 Å². The molecule has 0 radical (unpaired) electrons. The summed E-state index contributed by atoms with van der Waals surface area (Å²) in [4.78, 5) is 137. The van der Waals surface area contributed by atoms with E-state index in [2.05, 4.69) is 66.7 Å². The van der Waals surface area contributed by atoms with E-state index in [9.17, 15) is 63.3 Å². The number of hydrogen-bond acceptors (Lipinski definition) is 16. The smallest absolute Gasteiger partial charge is 0.317 e. The van der Waals surface area contributed by atoms with Gasteiger partial charge in [0.15, 0.2) is 0 Å². The SMILES string of the molecule is C/C=C\C(C)(I)SC(CC(=O)N[C@@H](CN)C(=O)NC[C@@H](C)NC(=O)[C@H](CCC(=O)O)NC(=O)[C@@H](NC(=O)[C@H](C)C(OC)[C@@H]1CCCN1C(=O)C[C@@H](OC)[C@H]([C@@H](C)CC)N(C)C(=O)[C@@H](NC(=O)[C@@H](NC)C(C)CCCCC)C(C)C)C(C)O)C(=O)O. The van der Waals surface area contributed by atoms with E-state index in [-0.39, 0.29) is 55.0 Å². The van der Waals surface area contributed by atoms with Gasteiger partial charge in [-0.05, 0) is 78.2 Å². The van der Waals surface area contributed by atoms with Gasteiger partial charge in [-0.1, -0.05) is 109 Å². The molecule has 1 aliphatic rings. The third kappa shape index (κ3) is 25.9. The molecule has 0 aromatic rings. The van der Waals surface area contributed by atoms with Gasteiger partial charge in [-0.2, -0.15) is 0 Å². The number of nitrogens with one attached hydrogen (secondary N) is 7. The molecule has 1 aliphatic heterocycles. The van der Waals surface area contributed by atoms with Crippen LogP contribution in [0.3, 0.4) is 0 Å². The first kappa shape index (κ1) is 78.3. The molecule has 27 heteroatoms. The number of aliphatic carboxylic acids is 2. The summed E-state index contributed by atoms with van der Waals surface area (Å²) in [6.45, 7) is 19.4. The third-order valence-corrected chi connectivity index (χ3v) is 18.0. The predicted octanol–water partition coefficient (Wildman–Crippen LogP) is 2.44. The molecule has 16 atom stereocenters. The van der Waals surface area contributed by atoms with Crippen LogP contribution >= 0.6 is 34.4 Å². The number of carbonyl (C=O) groups is 10. The molecule has 0 spiro atoms. The van der Waals surface area contributed by atoms with Gasteiger partial charge in [0.1, 0.15) is 29.4 Å². The number of aliphatic hydroxyl groups is 1. The Morgan fingerprint density at radius 2 is 1.42 bits per heavy atom. The van der Waals surface area contributed by atoms with Crippen LogP contribution in [0.5, 0.6) is 0 Å². The first-order valence-corrected chi connectivity index (χ1v) is 31.7. The average Bonchev–Trinajstić information content (AvgIpc) is 3.78. The number of hydrogen-bond donors (Lipinski definition) is 11. The van der Waals surface area contributed by atoms with Crippen LogP contribution in [0.2, 0.25) is 0 Å². The predicted molar refractivity (Wildman–Crippen MR) is 334 cm³/mol. The summed E-state index contributed by atoms with van der Waals surface area (Å²) in [6, 6.07) is -7.87. The van der Waals surface area contributed by atoms with E-state index in [1.165, 1.54) is 28.1 Å². The Kier molecular flexibility index (Phi) is 36.2. The van der Waals surface area contributed by atoms with Crippen LogP contribution in [0, 0.1) is 23.7 Å². The van der Waals surface area contributed by atoms with Crippen molar-refractivity contribution in [1.82, 2.24) is 47.0 Å². The highest BCUT2D eigenvalue weighted by Crippen LogP contribution is 2.38. The molecule has 0 bridgehead atoms. The van der Waals surface area contributed by atoms with Crippen molar-refractivity contribution in [2.75, 3.05) is 47.9 Å². The Balaban J connectivity index is 3.24. The molecule has 0 aromatic carbocycles. The van der Waals surface area contributed by atoms with E-state index in [0.717, 1.165) is 37.4 Å². The van der Waals surface area contributed by atoms with E-state index < -0.39 is 141 Å². The van der Waals surface area contributed by atoms with Crippen molar-refractivity contribution in [3.05, 3.63) is 12.2 Å². The summed E-state index contributed by atoms with van der Waals surface area (Å²) in [5.41, 5.74) is 5.79. The molecule has 1 rings (SSSR count). The van der Waals surface area contributed by atoms with Gasteiger partial charge in [-0.3, -0.25) is 47.9 Å². The number of likely N-dealkylation sites (N-methyl/N-ethyl adjacent to an activating group) is 2. The minimum Gasteiger partial charge on any atom is -0.481 e. The molecule has 5 unspecified atom stereocenters. The molecule has 25 nitrogen and oxygen atoms in total. The molecular weight excluding hydrogens is 1240 g/mol. The molecule has 12 N–H and O–H groups in total. The lowest BCUT2D eigenvalue weighted by atomic mass is 9.89. The van der Waals surface area contributed by atoms with Crippen molar-refractivity contribution in [1.29, 1.82) is 0 Å². The molecule has 85 heavy (non-hydrogen) atoms. The zero-order valence-corrected chi connectivity index (χ0v) is 55.8. The molecule has 0 aliphatic carbocycles. The molecule has 1 fully saturated rings. The van der Waals surface area contributed by atoms with E-state index in [1.807, 2.05) is 34.6 Å². The normalized spacial score (nSPS) is 19.2. The van der Waals surface area contributed by atoms with E-state index in [1.54, 1.807) is 56.8 Å². The number of unbranched alkanes of at least 4 members (excludes halogenated alkanes) is 2. The topological polar surface area (TPSA) is 367 Å². The molecule has 8 amide bonds. The van der Waals surface area contributed by atoms with Crippen LogP contribution in [0.4, 0.5) is 0 Å². The number of likely N-dealkylation sites (tertiary alicyclic amines) is 1. The van der Waals surface area contributed by atoms with Crippen molar-refractivity contribution < 1.29 is 72.7 Å². The lowest BCUT2D eigenvalue weighted by Gasteiger charge is -2.41. The van der Waals surface area contributed by atoms with Crippen LogP contribution in [0.1, 0.15) is 147 Å². The Labute approximate surface area is 521 Å². The van der Waals surface area contributed by atoms with Gasteiger partial charge in [0.25, 0.3) is 0 Å². The van der Waals surface area contributed by atoms with E-state index >= 15 is 0 Å². The van der Waals surface area contributed by atoms with Gasteiger partial charge in [-0.15, -0.1) is 11.8 Å². The minimum atomic E-state index is -1.66. The fourth-order valence-corrected chi connectivity index (χ4v) is 12.9. The second-order valence-electron chi connectivity index (χ2n) is 22.9. The second-order valence-corrected chi connectivity index (χ2v) is 27.6. The quantitative estimate of drug-likeness (QED) is 0.0181. The van der Waals surface area contributed by atoms with E-state index in [0.29, 0.717) is 25.8 Å². The Morgan fingerprint density at radius 3 is 1.94 bits per heavy atom. The van der Waals surface area contributed by atoms with Crippen molar-refractivity contribution in [2.45, 2.75) is 221 Å². The molecule has 488 valence electrons. The van der Waals surface area contributed by atoms with Crippen LogP contribution < -0.4 is 43.0 Å². The number of thioether (sulfide) groups is 1. The average molecular weight is 1340 g/mol. The maximum absolute atomic E-state index is 14.5. The number of alkyl halides is 1. The van der Waals surface area contributed by atoms with E-state index in [4.69, 9.17) is 15.2 Å². The number of carboxylic acids is 2. The summed E-state index contributed by atoms with van der Waals surface area (Å²) in [7, 11) is 6.28. The van der Waals surface area contributed by atoms with Gasteiger partial charge in [0.2, 0.25) is 47.3 Å². The summed E-state index contributed by atoms with van der Waals surface area (Å²) in [5, 5.41) is 47.8. The van der Waals surface area contributed by atoms with Crippen molar-refractivity contribution in [3.8, 4) is 0 Å². The monoisotopic (exact) mass is 1340 g/mol. The Hall–Kier alpha value is -4.68. The number of aliphatic hydroxyl groups excluding tert-OH is 1. The maximum atomic E-state index is 14.5. The zero-order valence-electron chi connectivity index (χ0n) is 52.8. The minimum absolute atomic E-state index is 0.0306. The summed E-state index contributed by atoms with van der Waals surface area (Å²) >= 11 is 3.11. The molecule has 0 aromatic heterocycles. The number of nitrogens with zero attached hydrogens (tertiary/aromatic N) is 2. The van der Waals surface area contributed by atoms with Gasteiger partial charge in [-0.25, -0.2) is 0 Å². The lowest BCUT2D eigenvalue weighted by Crippen LogP contribution is -2.60. The number of amides is 8. The van der Waals surface area contributed by atoms with Crippen molar-refractivity contribution >= 4 is 93.5 Å². The number of carbonyl (C=O) groups excluding carboxylic acids is 8. The molecule has 1 saturated heterocycles. The third-order valence-electron chi connectivity index (χ3n) is 15.6. The van der Waals surface area contributed by atoms with Gasteiger partial charge in [0, 0.05) is 59.8 Å². The Morgan fingerprint density at radius 1 is 0.800 bits per heavy atom. The fraction of sp³-hybridized carbons (Fsp3) is 0.793. The molecule has 1 heterocycles. The van der Waals surface area contributed by atoms with Gasteiger partial charge < -0.3 is 77.5 Å². The number of carboxylic acid groups (broad SMARTS) is 2. The summed E-state index contributed by atoms with van der Waals surface area (Å²) in [5.74, 6) is -8.92. The highest BCUT2D eigenvalue weighted by molar-refractivity contribution is 14.1. The second kappa shape index (κ2) is 39.3. The van der Waals surface area contributed by atoms with Crippen LogP contribution in [0.25, 0.3) is 0 Å². The number of allylic oxidation sites excluding steroid dienone is 1. The first-order chi connectivity index (χ1) is 39.8. The van der Waals surface area contributed by atoms with Gasteiger partial charge >= 0.3 is 11.9 Å². The van der Waals surface area contributed by atoms with Crippen LogP contribution in [-0.4, -0.2) is 207 Å². The van der Waals surface area contributed by atoms with Crippen LogP contribution in [-0.2, 0) is 57.4 Å². The lowest BCUT2D eigenvalue weighted by molar-refractivity contribution is -0.148. The largest absolute Gasteiger partial charge is 0.481 e. The maximum Gasteiger partial charge on any atom is 0.317 e.